The minimum atomic E-state index is -0.609. The van der Waals surface area contributed by atoms with Gasteiger partial charge in [0.1, 0.15) is 18.1 Å². The number of carbonyl (C=O) groups is 1. The number of ether oxygens (including phenoxy) is 1. The Bertz CT molecular complexity index is 686. The number of pyridine rings is 1. The summed E-state index contributed by atoms with van der Waals surface area (Å²) in [6, 6.07) is 8.24. The maximum Gasteiger partial charge on any atom is 0.428 e. The van der Waals surface area contributed by atoms with Gasteiger partial charge in [-0.3, -0.25) is 4.98 Å². The molecule has 0 aliphatic carbocycles. The average molecular weight is 271 g/mol. The van der Waals surface area contributed by atoms with E-state index in [1.54, 1.807) is 36.7 Å². The molecule has 1 amide bonds. The van der Waals surface area contributed by atoms with Crippen LogP contribution in [-0.4, -0.2) is 23.4 Å². The second-order valence-electron chi connectivity index (χ2n) is 4.18. The van der Waals surface area contributed by atoms with Crippen LogP contribution in [0.3, 0.4) is 0 Å². The van der Waals surface area contributed by atoms with Crippen molar-refractivity contribution < 1.29 is 13.9 Å². The van der Waals surface area contributed by atoms with E-state index in [4.69, 9.17) is 4.74 Å². The molecule has 6 heteroatoms. The minimum Gasteiger partial charge on any atom is -0.442 e. The predicted octanol–water partition coefficient (Wildman–Crippen LogP) is 2.33. The molecule has 20 heavy (non-hydrogen) atoms. The third-order valence-corrected chi connectivity index (χ3v) is 2.92. The Hall–Kier alpha value is -2.76. The zero-order valence-electron chi connectivity index (χ0n) is 10.3. The summed E-state index contributed by atoms with van der Waals surface area (Å²) in [6.45, 7) is 0.0277. The molecular formula is C14H10FN3O2. The summed E-state index contributed by atoms with van der Waals surface area (Å²) in [5, 5.41) is 3.84. The topological polar surface area (TPSA) is 63.6 Å². The highest BCUT2D eigenvalue weighted by Gasteiger charge is 2.15. The lowest BCUT2D eigenvalue weighted by molar-refractivity contribution is 0.157. The van der Waals surface area contributed by atoms with Gasteiger partial charge in [-0.2, -0.15) is 5.10 Å². The van der Waals surface area contributed by atoms with Gasteiger partial charge < -0.3 is 4.74 Å². The van der Waals surface area contributed by atoms with E-state index in [1.165, 1.54) is 6.07 Å². The van der Waals surface area contributed by atoms with Gasteiger partial charge >= 0.3 is 6.09 Å². The highest BCUT2D eigenvalue weighted by atomic mass is 19.1. The van der Waals surface area contributed by atoms with Crippen LogP contribution in [0.5, 0.6) is 0 Å². The second kappa shape index (κ2) is 5.08. The van der Waals surface area contributed by atoms with Crippen molar-refractivity contribution in [2.45, 2.75) is 0 Å². The van der Waals surface area contributed by atoms with Crippen LogP contribution < -0.4 is 5.43 Å². The van der Waals surface area contributed by atoms with E-state index in [0.29, 0.717) is 16.8 Å². The summed E-state index contributed by atoms with van der Waals surface area (Å²) in [7, 11) is 0. The van der Waals surface area contributed by atoms with Crippen molar-refractivity contribution in [2.75, 3.05) is 6.61 Å². The number of aromatic nitrogens is 1. The van der Waals surface area contributed by atoms with Crippen molar-refractivity contribution in [1.29, 1.82) is 0 Å². The van der Waals surface area contributed by atoms with E-state index in [1.807, 2.05) is 0 Å². The van der Waals surface area contributed by atoms with E-state index in [-0.39, 0.29) is 12.4 Å². The third-order valence-electron chi connectivity index (χ3n) is 2.92. The molecule has 0 saturated carbocycles. The van der Waals surface area contributed by atoms with E-state index < -0.39 is 6.09 Å². The molecule has 5 nitrogen and oxygen atoms in total. The number of nitrogens with one attached hydrogen (secondary N) is 1. The van der Waals surface area contributed by atoms with Gasteiger partial charge in [0.2, 0.25) is 0 Å². The van der Waals surface area contributed by atoms with Crippen LogP contribution in [0.2, 0.25) is 0 Å². The van der Waals surface area contributed by atoms with Gasteiger partial charge in [0.15, 0.2) is 0 Å². The number of nitrogens with zero attached hydrogens (tertiary/aromatic N) is 2. The van der Waals surface area contributed by atoms with E-state index in [9.17, 15) is 9.18 Å². The Balaban J connectivity index is 1.94. The SMILES string of the molecule is O=C1NN=C(c2ccc(-c3ccncc3)c(F)c2)CO1. The highest BCUT2D eigenvalue weighted by Crippen LogP contribution is 2.23. The van der Waals surface area contributed by atoms with Gasteiger partial charge in [-0.05, 0) is 23.8 Å². The lowest BCUT2D eigenvalue weighted by Gasteiger charge is -2.13. The van der Waals surface area contributed by atoms with Crippen LogP contribution in [0, 0.1) is 5.82 Å². The maximum absolute atomic E-state index is 14.2. The van der Waals surface area contributed by atoms with Crippen LogP contribution >= 0.6 is 0 Å². The van der Waals surface area contributed by atoms with Crippen LogP contribution in [0.25, 0.3) is 11.1 Å². The number of rotatable bonds is 2. The Kier molecular flexibility index (Phi) is 3.12. The zero-order chi connectivity index (χ0) is 13.9. The number of hydrogen-bond acceptors (Lipinski definition) is 4. The highest BCUT2D eigenvalue weighted by molar-refractivity contribution is 6.03. The molecule has 2 heterocycles. The number of hydrazone groups is 1. The van der Waals surface area contributed by atoms with E-state index in [0.717, 1.165) is 5.56 Å². The molecule has 1 aliphatic rings. The van der Waals surface area contributed by atoms with Crippen molar-refractivity contribution in [3.8, 4) is 11.1 Å². The summed E-state index contributed by atoms with van der Waals surface area (Å²) in [5.74, 6) is -0.367. The summed E-state index contributed by atoms with van der Waals surface area (Å²) in [4.78, 5) is 14.7. The number of amides is 1. The second-order valence-corrected chi connectivity index (χ2v) is 4.18. The third kappa shape index (κ3) is 2.35. The Morgan fingerprint density at radius 1 is 1.15 bits per heavy atom. The van der Waals surface area contributed by atoms with Crippen molar-refractivity contribution in [1.82, 2.24) is 10.4 Å². The van der Waals surface area contributed by atoms with Gasteiger partial charge in [0.25, 0.3) is 0 Å². The molecule has 1 aromatic heterocycles. The molecule has 100 valence electrons. The quantitative estimate of drug-likeness (QED) is 0.911. The average Bonchev–Trinajstić information content (AvgIpc) is 2.49. The smallest absolute Gasteiger partial charge is 0.428 e. The van der Waals surface area contributed by atoms with Crippen LogP contribution in [0.4, 0.5) is 9.18 Å². The van der Waals surface area contributed by atoms with Crippen LogP contribution in [0.1, 0.15) is 5.56 Å². The first-order valence-corrected chi connectivity index (χ1v) is 5.94. The van der Waals surface area contributed by atoms with Crippen molar-refractivity contribution in [3.63, 3.8) is 0 Å². The maximum atomic E-state index is 14.2. The molecule has 0 fully saturated rings. The van der Waals surface area contributed by atoms with Gasteiger partial charge in [0.05, 0.1) is 0 Å². The normalized spacial score (nSPS) is 14.2. The molecule has 0 atom stereocenters. The van der Waals surface area contributed by atoms with Gasteiger partial charge in [0, 0.05) is 23.5 Å². The Morgan fingerprint density at radius 3 is 2.60 bits per heavy atom. The first-order valence-electron chi connectivity index (χ1n) is 5.94. The number of hydrogen-bond donors (Lipinski definition) is 1. The summed E-state index contributed by atoms with van der Waals surface area (Å²) >= 11 is 0. The number of carbonyl (C=O) groups excluding carboxylic acids is 1. The molecule has 1 N–H and O–H groups in total. The molecule has 0 unspecified atom stereocenters. The standard InChI is InChI=1S/C14H10FN3O2/c15-12-7-10(13-8-20-14(19)18-17-13)1-2-11(12)9-3-5-16-6-4-9/h1-7H,8H2,(H,18,19). The number of cyclic esters (lactones) is 1. The summed E-state index contributed by atoms with van der Waals surface area (Å²) in [5.41, 5.74) is 4.47. The van der Waals surface area contributed by atoms with Gasteiger partial charge in [-0.1, -0.05) is 12.1 Å². The lowest BCUT2D eigenvalue weighted by atomic mass is 10.0. The molecule has 1 aromatic carbocycles. The van der Waals surface area contributed by atoms with E-state index in [2.05, 4.69) is 15.5 Å². The molecule has 0 spiro atoms. The fourth-order valence-electron chi connectivity index (χ4n) is 1.92. The molecule has 0 saturated heterocycles. The Labute approximate surface area is 114 Å². The number of benzene rings is 1. The van der Waals surface area contributed by atoms with Crippen molar-refractivity contribution in [2.24, 2.45) is 5.10 Å². The van der Waals surface area contributed by atoms with Crippen molar-refractivity contribution >= 4 is 11.8 Å². The minimum absolute atomic E-state index is 0.0277. The molecule has 0 bridgehead atoms. The molecule has 1 aliphatic heterocycles. The van der Waals surface area contributed by atoms with Crippen LogP contribution in [0.15, 0.2) is 47.8 Å². The largest absolute Gasteiger partial charge is 0.442 e. The lowest BCUT2D eigenvalue weighted by Crippen LogP contribution is -2.30. The van der Waals surface area contributed by atoms with Gasteiger partial charge in [-0.15, -0.1) is 0 Å². The monoisotopic (exact) mass is 271 g/mol. The fourth-order valence-corrected chi connectivity index (χ4v) is 1.92. The van der Waals surface area contributed by atoms with E-state index >= 15 is 0 Å². The van der Waals surface area contributed by atoms with Crippen molar-refractivity contribution in [3.05, 3.63) is 54.1 Å². The predicted molar refractivity (Wildman–Crippen MR) is 70.7 cm³/mol. The van der Waals surface area contributed by atoms with Gasteiger partial charge in [-0.25, -0.2) is 14.6 Å². The summed E-state index contributed by atoms with van der Waals surface area (Å²) in [6.07, 6.45) is 2.61. The first-order chi connectivity index (χ1) is 9.74. The first kappa shape index (κ1) is 12.3. The van der Waals surface area contributed by atoms with Crippen LogP contribution in [-0.2, 0) is 4.74 Å². The molecular weight excluding hydrogens is 261 g/mol. The molecule has 2 aromatic rings. The Morgan fingerprint density at radius 2 is 1.95 bits per heavy atom. The summed E-state index contributed by atoms with van der Waals surface area (Å²) < 4.78 is 19.0. The number of halogens is 1. The molecule has 3 rings (SSSR count). The molecule has 0 radical (unpaired) electrons. The zero-order valence-corrected chi connectivity index (χ0v) is 10.3. The fraction of sp³-hybridized carbons (Fsp3) is 0.0714.